The normalized spacial score (nSPS) is 17.9. The summed E-state index contributed by atoms with van der Waals surface area (Å²) in [6.45, 7) is 1.57. The molecule has 1 atom stereocenters. The first kappa shape index (κ1) is 21.8. The number of amides is 2. The zero-order valence-corrected chi connectivity index (χ0v) is 17.7. The van der Waals surface area contributed by atoms with Gasteiger partial charge in [-0.15, -0.1) is 0 Å². The van der Waals surface area contributed by atoms with Gasteiger partial charge in [-0.3, -0.25) is 9.59 Å². The minimum atomic E-state index is -0.589. The van der Waals surface area contributed by atoms with Crippen molar-refractivity contribution >= 4 is 29.2 Å². The Morgan fingerprint density at radius 1 is 1.06 bits per heavy atom. The van der Waals surface area contributed by atoms with Crippen LogP contribution in [0.1, 0.15) is 36.0 Å². The molecule has 0 saturated carbocycles. The van der Waals surface area contributed by atoms with Crippen LogP contribution in [0.25, 0.3) is 0 Å². The molecule has 0 aliphatic carbocycles. The highest BCUT2D eigenvalue weighted by molar-refractivity contribution is 5.97. The molecular formula is C24H26N2O6. The van der Waals surface area contributed by atoms with Gasteiger partial charge >= 0.3 is 5.97 Å². The first-order valence-electron chi connectivity index (χ1n) is 10.8. The highest BCUT2D eigenvalue weighted by Crippen LogP contribution is 2.23. The molecule has 0 bridgehead atoms. The Balaban J connectivity index is 1.21. The second-order valence-corrected chi connectivity index (χ2v) is 7.79. The van der Waals surface area contributed by atoms with E-state index in [9.17, 15) is 14.4 Å². The molecule has 2 aromatic carbocycles. The van der Waals surface area contributed by atoms with Crippen molar-refractivity contribution in [2.24, 2.45) is 0 Å². The maximum Gasteiger partial charge on any atom is 0.338 e. The maximum atomic E-state index is 12.2. The summed E-state index contributed by atoms with van der Waals surface area (Å²) in [5.41, 5.74) is 1.70. The third-order valence-electron chi connectivity index (χ3n) is 5.42. The van der Waals surface area contributed by atoms with Gasteiger partial charge in [0, 0.05) is 30.9 Å². The monoisotopic (exact) mass is 438 g/mol. The van der Waals surface area contributed by atoms with Crippen LogP contribution in [0.5, 0.6) is 5.75 Å². The molecule has 0 aromatic heterocycles. The zero-order chi connectivity index (χ0) is 22.3. The fourth-order valence-electron chi connectivity index (χ4n) is 3.71. The molecule has 1 N–H and O–H groups in total. The first-order chi connectivity index (χ1) is 15.6. The Hall–Kier alpha value is -3.39. The number of benzene rings is 2. The van der Waals surface area contributed by atoms with Gasteiger partial charge in [0.25, 0.3) is 5.91 Å². The van der Waals surface area contributed by atoms with E-state index in [0.717, 1.165) is 31.6 Å². The number of rotatable bonds is 8. The molecule has 8 heteroatoms. The van der Waals surface area contributed by atoms with Crippen LogP contribution in [0, 0.1) is 0 Å². The first-order valence-corrected chi connectivity index (χ1v) is 10.8. The van der Waals surface area contributed by atoms with Gasteiger partial charge in [-0.25, -0.2) is 4.79 Å². The number of anilines is 2. The topological polar surface area (TPSA) is 94.2 Å². The number of carbonyl (C=O) groups excluding carboxylic acids is 3. The molecule has 2 saturated heterocycles. The Morgan fingerprint density at radius 3 is 2.50 bits per heavy atom. The van der Waals surface area contributed by atoms with Gasteiger partial charge < -0.3 is 24.4 Å². The SMILES string of the molecule is O=C(COC(=O)c1ccc(OCC2CCCO2)cc1)Nc1ccc(N2CCCC2=O)cc1. The van der Waals surface area contributed by atoms with Crippen LogP contribution in [0.4, 0.5) is 11.4 Å². The standard InChI is InChI=1S/C24H26N2O6/c27-22(25-18-7-9-19(10-8-18)26-13-1-4-23(26)28)16-32-24(29)17-5-11-20(12-6-17)31-15-21-3-2-14-30-21/h5-12,21H,1-4,13-16H2,(H,25,27). The molecule has 32 heavy (non-hydrogen) atoms. The molecule has 2 fully saturated rings. The minimum Gasteiger partial charge on any atom is -0.491 e. The van der Waals surface area contributed by atoms with Crippen molar-refractivity contribution in [1.82, 2.24) is 0 Å². The van der Waals surface area contributed by atoms with Crippen molar-refractivity contribution in [3.8, 4) is 5.75 Å². The van der Waals surface area contributed by atoms with Crippen LogP contribution < -0.4 is 15.0 Å². The van der Waals surface area contributed by atoms with Crippen LogP contribution in [0.2, 0.25) is 0 Å². The number of esters is 1. The lowest BCUT2D eigenvalue weighted by Gasteiger charge is -2.16. The molecule has 2 aromatic rings. The average molecular weight is 438 g/mol. The lowest BCUT2D eigenvalue weighted by atomic mass is 10.2. The fraction of sp³-hybridized carbons (Fsp3) is 0.375. The number of ether oxygens (including phenoxy) is 3. The smallest absolute Gasteiger partial charge is 0.338 e. The van der Waals surface area contributed by atoms with Gasteiger partial charge in [-0.1, -0.05) is 0 Å². The van der Waals surface area contributed by atoms with E-state index in [4.69, 9.17) is 14.2 Å². The lowest BCUT2D eigenvalue weighted by Crippen LogP contribution is -2.23. The predicted octanol–water partition coefficient (Wildman–Crippen LogP) is 3.17. The van der Waals surface area contributed by atoms with Gasteiger partial charge in [0.2, 0.25) is 5.91 Å². The summed E-state index contributed by atoms with van der Waals surface area (Å²) in [4.78, 5) is 37.9. The van der Waals surface area contributed by atoms with E-state index < -0.39 is 18.5 Å². The van der Waals surface area contributed by atoms with Crippen molar-refractivity contribution in [3.63, 3.8) is 0 Å². The van der Waals surface area contributed by atoms with Crippen molar-refractivity contribution in [3.05, 3.63) is 54.1 Å². The number of nitrogens with zero attached hydrogens (tertiary/aromatic N) is 1. The van der Waals surface area contributed by atoms with Crippen LogP contribution in [0.3, 0.4) is 0 Å². The van der Waals surface area contributed by atoms with E-state index in [1.54, 1.807) is 53.4 Å². The summed E-state index contributed by atoms with van der Waals surface area (Å²) in [5, 5.41) is 2.68. The Bertz CT molecular complexity index is 951. The second-order valence-electron chi connectivity index (χ2n) is 7.79. The summed E-state index contributed by atoms with van der Waals surface area (Å²) in [6.07, 6.45) is 3.59. The van der Waals surface area contributed by atoms with Crippen LogP contribution in [-0.4, -0.2) is 50.3 Å². The van der Waals surface area contributed by atoms with Gasteiger partial charge in [0.1, 0.15) is 12.4 Å². The Labute approximate surface area is 186 Å². The highest BCUT2D eigenvalue weighted by atomic mass is 16.5. The van der Waals surface area contributed by atoms with E-state index in [2.05, 4.69) is 5.32 Å². The number of nitrogens with one attached hydrogen (secondary N) is 1. The molecule has 4 rings (SSSR count). The van der Waals surface area contributed by atoms with E-state index >= 15 is 0 Å². The van der Waals surface area contributed by atoms with E-state index in [-0.39, 0.29) is 12.0 Å². The largest absolute Gasteiger partial charge is 0.491 e. The summed E-state index contributed by atoms with van der Waals surface area (Å²) in [7, 11) is 0. The molecule has 8 nitrogen and oxygen atoms in total. The minimum absolute atomic E-state index is 0.108. The summed E-state index contributed by atoms with van der Waals surface area (Å²) >= 11 is 0. The van der Waals surface area contributed by atoms with Crippen molar-refractivity contribution < 1.29 is 28.6 Å². The van der Waals surface area contributed by atoms with Crippen LogP contribution >= 0.6 is 0 Å². The summed E-state index contributed by atoms with van der Waals surface area (Å²) in [6, 6.07) is 13.6. The molecule has 168 valence electrons. The van der Waals surface area contributed by atoms with E-state index in [1.165, 1.54) is 0 Å². The number of carbonyl (C=O) groups is 3. The quantitative estimate of drug-likeness (QED) is 0.637. The zero-order valence-electron chi connectivity index (χ0n) is 17.7. The van der Waals surface area contributed by atoms with Crippen LogP contribution in [-0.2, 0) is 19.1 Å². The molecular weight excluding hydrogens is 412 g/mol. The molecule has 2 amide bonds. The number of hydrogen-bond acceptors (Lipinski definition) is 6. The van der Waals surface area contributed by atoms with Gasteiger partial charge in [-0.2, -0.15) is 0 Å². The van der Waals surface area contributed by atoms with Gasteiger partial charge in [0.05, 0.1) is 11.7 Å². The second kappa shape index (κ2) is 10.3. The molecule has 2 aliphatic heterocycles. The maximum absolute atomic E-state index is 12.2. The predicted molar refractivity (Wildman–Crippen MR) is 118 cm³/mol. The van der Waals surface area contributed by atoms with Crippen molar-refractivity contribution in [2.45, 2.75) is 31.8 Å². The molecule has 2 heterocycles. The molecule has 1 unspecified atom stereocenters. The molecule has 2 aliphatic rings. The number of hydrogen-bond donors (Lipinski definition) is 1. The van der Waals surface area contributed by atoms with Gasteiger partial charge in [-0.05, 0) is 67.8 Å². The van der Waals surface area contributed by atoms with Crippen LogP contribution in [0.15, 0.2) is 48.5 Å². The average Bonchev–Trinajstić information content (AvgIpc) is 3.49. The van der Waals surface area contributed by atoms with Crippen molar-refractivity contribution in [2.75, 3.05) is 36.6 Å². The fourth-order valence-corrected chi connectivity index (χ4v) is 3.71. The lowest BCUT2D eigenvalue weighted by molar-refractivity contribution is -0.119. The van der Waals surface area contributed by atoms with Crippen molar-refractivity contribution in [1.29, 1.82) is 0 Å². The summed E-state index contributed by atoms with van der Waals surface area (Å²) < 4.78 is 16.3. The molecule has 0 spiro atoms. The van der Waals surface area contributed by atoms with E-state index in [0.29, 0.717) is 36.6 Å². The van der Waals surface area contributed by atoms with Gasteiger partial charge in [0.15, 0.2) is 6.61 Å². The highest BCUT2D eigenvalue weighted by Gasteiger charge is 2.21. The third-order valence-corrected chi connectivity index (χ3v) is 5.42. The third kappa shape index (κ3) is 5.64. The summed E-state index contributed by atoms with van der Waals surface area (Å²) in [5.74, 6) is -0.279. The Kier molecular flexibility index (Phi) is 7.01. The molecule has 0 radical (unpaired) electrons. The van der Waals surface area contributed by atoms with E-state index in [1.807, 2.05) is 0 Å². The Morgan fingerprint density at radius 2 is 1.84 bits per heavy atom.